The van der Waals surface area contributed by atoms with Gasteiger partial charge in [0.05, 0.1) is 26.4 Å². The van der Waals surface area contributed by atoms with Gasteiger partial charge in [0, 0.05) is 24.7 Å². The van der Waals surface area contributed by atoms with Crippen molar-refractivity contribution in [1.82, 2.24) is 0 Å². The van der Waals surface area contributed by atoms with Crippen molar-refractivity contribution in [1.29, 1.82) is 0 Å². The number of aliphatic hydroxyl groups excluding tert-OH is 1. The zero-order chi connectivity index (χ0) is 18.8. The lowest BCUT2D eigenvalue weighted by molar-refractivity contribution is -0.140. The van der Waals surface area contributed by atoms with Gasteiger partial charge in [-0.2, -0.15) is 0 Å². The van der Waals surface area contributed by atoms with Crippen LogP contribution in [0.5, 0.6) is 0 Å². The van der Waals surface area contributed by atoms with Crippen LogP contribution in [0.25, 0.3) is 0 Å². The van der Waals surface area contributed by atoms with E-state index in [2.05, 4.69) is 4.74 Å². The second kappa shape index (κ2) is 10.9. The fraction of sp³-hybridized carbons (Fsp3) is 0.524. The molecular formula is C21H28O5. The molecule has 0 aliphatic heterocycles. The fourth-order valence-corrected chi connectivity index (χ4v) is 3.26. The number of hydrogen-bond donors (Lipinski definition) is 1. The maximum absolute atomic E-state index is 12.2. The quantitative estimate of drug-likeness (QED) is 0.394. The largest absolute Gasteiger partial charge is 0.469 e. The minimum Gasteiger partial charge on any atom is -0.469 e. The summed E-state index contributed by atoms with van der Waals surface area (Å²) >= 11 is 0. The maximum atomic E-state index is 12.2. The Kier molecular flexibility index (Phi) is 8.51. The van der Waals surface area contributed by atoms with Crippen LogP contribution in [0.2, 0.25) is 0 Å². The summed E-state index contributed by atoms with van der Waals surface area (Å²) in [5, 5.41) is 10.2. The Bertz CT molecular complexity index is 596. The van der Waals surface area contributed by atoms with E-state index in [1.807, 2.05) is 42.5 Å². The summed E-state index contributed by atoms with van der Waals surface area (Å²) in [6.45, 7) is 0.858. The molecule has 1 fully saturated rings. The van der Waals surface area contributed by atoms with Gasteiger partial charge in [-0.1, -0.05) is 42.5 Å². The van der Waals surface area contributed by atoms with E-state index in [1.54, 1.807) is 0 Å². The van der Waals surface area contributed by atoms with Gasteiger partial charge in [0.15, 0.2) is 0 Å². The first-order valence-electron chi connectivity index (χ1n) is 9.16. The first-order chi connectivity index (χ1) is 12.6. The molecule has 26 heavy (non-hydrogen) atoms. The Morgan fingerprint density at radius 3 is 2.77 bits per heavy atom. The Balaban J connectivity index is 1.75. The van der Waals surface area contributed by atoms with Gasteiger partial charge in [0.2, 0.25) is 0 Å². The lowest BCUT2D eigenvalue weighted by Gasteiger charge is -2.20. The van der Waals surface area contributed by atoms with E-state index in [1.165, 1.54) is 7.11 Å². The van der Waals surface area contributed by atoms with Gasteiger partial charge in [-0.25, -0.2) is 0 Å². The molecule has 1 N–H and O–H groups in total. The molecule has 0 aromatic heterocycles. The smallest absolute Gasteiger partial charge is 0.305 e. The van der Waals surface area contributed by atoms with Gasteiger partial charge in [0.1, 0.15) is 5.78 Å². The van der Waals surface area contributed by atoms with Gasteiger partial charge in [0.25, 0.3) is 0 Å². The minimum atomic E-state index is -0.629. The third-order valence-electron chi connectivity index (χ3n) is 4.79. The molecule has 5 heteroatoms. The number of hydrogen-bond acceptors (Lipinski definition) is 5. The number of Topliss-reactive ketones (excluding diaryl/α,β-unsaturated/α-hetero) is 1. The molecule has 0 amide bonds. The van der Waals surface area contributed by atoms with E-state index in [0.717, 1.165) is 18.4 Å². The van der Waals surface area contributed by atoms with Crippen LogP contribution < -0.4 is 0 Å². The SMILES string of the molecule is COC(=O)CCC/C=C\CC1C(=O)CC(O)C1COCc1ccccc1. The van der Waals surface area contributed by atoms with E-state index >= 15 is 0 Å². The summed E-state index contributed by atoms with van der Waals surface area (Å²) in [5.41, 5.74) is 1.08. The van der Waals surface area contributed by atoms with Crippen LogP contribution in [-0.2, 0) is 25.7 Å². The number of carbonyl (C=O) groups excluding carboxylic acids is 2. The minimum absolute atomic E-state index is 0.102. The van der Waals surface area contributed by atoms with Crippen LogP contribution in [0.3, 0.4) is 0 Å². The summed E-state index contributed by atoms with van der Waals surface area (Å²) in [6.07, 6.45) is 6.05. The molecule has 142 valence electrons. The number of carbonyl (C=O) groups is 2. The molecule has 2 rings (SSSR count). The molecule has 0 saturated heterocycles. The van der Waals surface area contributed by atoms with Gasteiger partial charge < -0.3 is 14.6 Å². The zero-order valence-electron chi connectivity index (χ0n) is 15.3. The zero-order valence-corrected chi connectivity index (χ0v) is 15.3. The van der Waals surface area contributed by atoms with Crippen LogP contribution in [0.1, 0.15) is 37.7 Å². The van der Waals surface area contributed by atoms with Gasteiger partial charge >= 0.3 is 5.97 Å². The second-order valence-electron chi connectivity index (χ2n) is 6.68. The number of aliphatic hydroxyl groups is 1. The van der Waals surface area contributed by atoms with Crippen molar-refractivity contribution in [2.45, 2.75) is 44.8 Å². The number of benzene rings is 1. The highest BCUT2D eigenvalue weighted by Crippen LogP contribution is 2.32. The molecule has 5 nitrogen and oxygen atoms in total. The van der Waals surface area contributed by atoms with Crippen molar-refractivity contribution in [3.63, 3.8) is 0 Å². The molecule has 3 unspecified atom stereocenters. The fourth-order valence-electron chi connectivity index (χ4n) is 3.26. The topological polar surface area (TPSA) is 72.8 Å². The van der Waals surface area contributed by atoms with Crippen LogP contribution in [0, 0.1) is 11.8 Å². The Morgan fingerprint density at radius 2 is 2.04 bits per heavy atom. The monoisotopic (exact) mass is 360 g/mol. The number of unbranched alkanes of at least 4 members (excludes halogenated alkanes) is 1. The average Bonchev–Trinajstić information content (AvgIpc) is 2.92. The number of ketones is 1. The lowest BCUT2D eigenvalue weighted by Crippen LogP contribution is -2.25. The molecule has 0 radical (unpaired) electrons. The van der Waals surface area contributed by atoms with Gasteiger partial charge in [-0.05, 0) is 24.8 Å². The number of ether oxygens (including phenoxy) is 2. The summed E-state index contributed by atoms with van der Waals surface area (Å²) in [6, 6.07) is 9.85. The molecule has 1 aliphatic carbocycles. The number of methoxy groups -OCH3 is 1. The Morgan fingerprint density at radius 1 is 1.27 bits per heavy atom. The van der Waals surface area contributed by atoms with Gasteiger partial charge in [-0.15, -0.1) is 0 Å². The standard InChI is InChI=1S/C21H28O5/c1-25-21(24)12-8-3-2-7-11-17-18(20(23)13-19(17)22)15-26-14-16-9-5-4-6-10-16/h2,4-7,9-10,17-18,20,23H,3,8,11-15H2,1H3/b7-2-. The number of allylic oxidation sites excluding steroid dienone is 2. The van der Waals surface area contributed by atoms with E-state index in [4.69, 9.17) is 4.74 Å². The Hall–Kier alpha value is -1.98. The van der Waals surface area contributed by atoms with Crippen LogP contribution in [-0.4, -0.2) is 36.7 Å². The first-order valence-corrected chi connectivity index (χ1v) is 9.16. The van der Waals surface area contributed by atoms with E-state index in [9.17, 15) is 14.7 Å². The van der Waals surface area contributed by atoms with Crippen molar-refractivity contribution in [2.24, 2.45) is 11.8 Å². The first kappa shape index (κ1) is 20.3. The molecule has 0 spiro atoms. The molecule has 1 aliphatic rings. The summed E-state index contributed by atoms with van der Waals surface area (Å²) in [7, 11) is 1.38. The summed E-state index contributed by atoms with van der Waals surface area (Å²) in [5.74, 6) is -0.461. The Labute approximate surface area is 155 Å². The van der Waals surface area contributed by atoms with Crippen LogP contribution in [0.15, 0.2) is 42.5 Å². The highest BCUT2D eigenvalue weighted by molar-refractivity contribution is 5.84. The molecule has 3 atom stereocenters. The molecule has 1 aromatic rings. The lowest BCUT2D eigenvalue weighted by atomic mass is 9.91. The van der Waals surface area contributed by atoms with E-state index in [-0.39, 0.29) is 30.0 Å². The van der Waals surface area contributed by atoms with E-state index in [0.29, 0.717) is 26.1 Å². The highest BCUT2D eigenvalue weighted by atomic mass is 16.5. The maximum Gasteiger partial charge on any atom is 0.305 e. The summed E-state index contributed by atoms with van der Waals surface area (Å²) in [4.78, 5) is 23.2. The molecule has 0 heterocycles. The number of rotatable bonds is 10. The second-order valence-corrected chi connectivity index (χ2v) is 6.68. The van der Waals surface area contributed by atoms with Gasteiger partial charge in [-0.3, -0.25) is 9.59 Å². The predicted molar refractivity (Wildman–Crippen MR) is 98.3 cm³/mol. The van der Waals surface area contributed by atoms with Crippen molar-refractivity contribution >= 4 is 11.8 Å². The van der Waals surface area contributed by atoms with Crippen molar-refractivity contribution < 1.29 is 24.2 Å². The van der Waals surface area contributed by atoms with E-state index < -0.39 is 6.10 Å². The molecule has 1 saturated carbocycles. The van der Waals surface area contributed by atoms with Crippen LogP contribution >= 0.6 is 0 Å². The third kappa shape index (κ3) is 6.39. The van der Waals surface area contributed by atoms with Crippen molar-refractivity contribution in [3.8, 4) is 0 Å². The predicted octanol–water partition coefficient (Wildman–Crippen LogP) is 3.06. The van der Waals surface area contributed by atoms with Crippen molar-refractivity contribution in [3.05, 3.63) is 48.0 Å². The third-order valence-corrected chi connectivity index (χ3v) is 4.79. The summed E-state index contributed by atoms with van der Waals surface area (Å²) < 4.78 is 10.3. The number of esters is 1. The molecule has 0 bridgehead atoms. The molecular weight excluding hydrogens is 332 g/mol. The molecule has 1 aromatic carbocycles. The normalized spacial score (nSPS) is 22.8. The highest BCUT2D eigenvalue weighted by Gasteiger charge is 2.40. The van der Waals surface area contributed by atoms with Crippen molar-refractivity contribution in [2.75, 3.05) is 13.7 Å². The van der Waals surface area contributed by atoms with Crippen LogP contribution in [0.4, 0.5) is 0 Å². The average molecular weight is 360 g/mol.